The molecule has 1 heterocycles. The molecule has 2 aromatic rings. The van der Waals surface area contributed by atoms with E-state index in [0.29, 0.717) is 5.56 Å². The van der Waals surface area contributed by atoms with Crippen LogP contribution in [0.3, 0.4) is 0 Å². The van der Waals surface area contributed by atoms with E-state index in [1.54, 1.807) is 12.1 Å². The number of aromatic nitrogens is 1. The van der Waals surface area contributed by atoms with Gasteiger partial charge in [-0.3, -0.25) is 4.79 Å². The van der Waals surface area contributed by atoms with Crippen LogP contribution in [0, 0.1) is 13.8 Å². The number of carbonyl (C=O) groups is 2. The van der Waals surface area contributed by atoms with Crippen LogP contribution in [0.15, 0.2) is 28.8 Å². The first-order valence-corrected chi connectivity index (χ1v) is 6.53. The summed E-state index contributed by atoms with van der Waals surface area (Å²) >= 11 is 0. The quantitative estimate of drug-likeness (QED) is 0.874. The molecule has 0 radical (unpaired) electrons. The van der Waals surface area contributed by atoms with Gasteiger partial charge in [0.15, 0.2) is 6.04 Å². The number of amides is 1. The van der Waals surface area contributed by atoms with E-state index < -0.39 is 17.9 Å². The first-order chi connectivity index (χ1) is 10.4. The van der Waals surface area contributed by atoms with Crippen LogP contribution in [0.4, 0.5) is 0 Å². The maximum absolute atomic E-state index is 12.1. The summed E-state index contributed by atoms with van der Waals surface area (Å²) in [5.41, 5.74) is 2.32. The normalized spacial score (nSPS) is 11.8. The molecule has 0 spiro atoms. The van der Waals surface area contributed by atoms with Gasteiger partial charge in [-0.1, -0.05) is 29.3 Å². The van der Waals surface area contributed by atoms with E-state index in [9.17, 15) is 14.7 Å². The molecule has 0 fully saturated rings. The zero-order valence-corrected chi connectivity index (χ0v) is 12.4. The molecule has 1 atom stereocenters. The van der Waals surface area contributed by atoms with Gasteiger partial charge in [-0.2, -0.15) is 0 Å². The van der Waals surface area contributed by atoms with Crippen molar-refractivity contribution in [3.63, 3.8) is 0 Å². The lowest BCUT2D eigenvalue weighted by molar-refractivity contribution is -0.139. The molecule has 0 bridgehead atoms. The van der Waals surface area contributed by atoms with Crippen molar-refractivity contribution in [2.24, 2.45) is 0 Å². The van der Waals surface area contributed by atoms with Gasteiger partial charge in [0, 0.05) is 0 Å². The first kappa shape index (κ1) is 15.6. The Hall–Kier alpha value is -2.83. The van der Waals surface area contributed by atoms with Gasteiger partial charge in [-0.05, 0) is 24.6 Å². The second-order valence-corrected chi connectivity index (χ2v) is 4.90. The minimum absolute atomic E-state index is 0.118. The maximum atomic E-state index is 12.1. The zero-order valence-electron chi connectivity index (χ0n) is 12.4. The SMILES string of the molecule is COc1cc(C(=O)NC(C(=O)O)c2cc(C)cc(C)c2)on1. The lowest BCUT2D eigenvalue weighted by Gasteiger charge is -2.15. The molecule has 2 rings (SSSR count). The molecule has 2 N–H and O–H groups in total. The standard InChI is InChI=1S/C15H16N2O5/c1-8-4-9(2)6-10(5-8)13(15(19)20)16-14(18)11-7-12(21-3)17-22-11/h4-7,13H,1-3H3,(H,16,18)(H,19,20). The molecule has 1 unspecified atom stereocenters. The van der Waals surface area contributed by atoms with Crippen molar-refractivity contribution in [2.75, 3.05) is 7.11 Å². The van der Waals surface area contributed by atoms with Crippen LogP contribution in [-0.4, -0.2) is 29.2 Å². The van der Waals surface area contributed by atoms with E-state index in [-0.39, 0.29) is 11.6 Å². The smallest absolute Gasteiger partial charge is 0.330 e. The van der Waals surface area contributed by atoms with E-state index in [4.69, 9.17) is 9.26 Å². The van der Waals surface area contributed by atoms with Gasteiger partial charge in [0.05, 0.1) is 13.2 Å². The lowest BCUT2D eigenvalue weighted by atomic mass is 10.0. The van der Waals surface area contributed by atoms with Gasteiger partial charge < -0.3 is 19.7 Å². The average molecular weight is 304 g/mol. The zero-order chi connectivity index (χ0) is 16.3. The highest BCUT2D eigenvalue weighted by molar-refractivity contribution is 5.94. The summed E-state index contributed by atoms with van der Waals surface area (Å²) in [5.74, 6) is -1.82. The molecule has 1 aromatic heterocycles. The molecule has 22 heavy (non-hydrogen) atoms. The number of aryl methyl sites for hydroxylation is 2. The minimum atomic E-state index is -1.18. The summed E-state index contributed by atoms with van der Waals surface area (Å²) in [6.45, 7) is 3.72. The van der Waals surface area contributed by atoms with Gasteiger partial charge in [0.2, 0.25) is 5.76 Å². The third kappa shape index (κ3) is 3.43. The number of carbonyl (C=O) groups excluding carboxylic acids is 1. The highest BCUT2D eigenvalue weighted by Gasteiger charge is 2.25. The average Bonchev–Trinajstić information content (AvgIpc) is 2.92. The van der Waals surface area contributed by atoms with E-state index in [2.05, 4.69) is 10.5 Å². The van der Waals surface area contributed by atoms with E-state index >= 15 is 0 Å². The molecule has 7 heteroatoms. The summed E-state index contributed by atoms with van der Waals surface area (Å²) in [6.07, 6.45) is 0. The van der Waals surface area contributed by atoms with Crippen molar-refractivity contribution in [1.82, 2.24) is 10.5 Å². The lowest BCUT2D eigenvalue weighted by Crippen LogP contribution is -2.33. The Labute approximate surface area is 126 Å². The highest BCUT2D eigenvalue weighted by Crippen LogP contribution is 2.19. The van der Waals surface area contributed by atoms with Gasteiger partial charge in [0.25, 0.3) is 11.8 Å². The van der Waals surface area contributed by atoms with Gasteiger partial charge in [-0.15, -0.1) is 0 Å². The highest BCUT2D eigenvalue weighted by atomic mass is 16.5. The topological polar surface area (TPSA) is 102 Å². The van der Waals surface area contributed by atoms with Gasteiger partial charge >= 0.3 is 5.97 Å². The Bertz CT molecular complexity index is 687. The van der Waals surface area contributed by atoms with Crippen molar-refractivity contribution in [3.05, 3.63) is 46.7 Å². The molecular weight excluding hydrogens is 288 g/mol. The number of benzene rings is 1. The molecular formula is C15H16N2O5. The summed E-state index contributed by atoms with van der Waals surface area (Å²) < 4.78 is 9.61. The Morgan fingerprint density at radius 1 is 1.23 bits per heavy atom. The molecule has 0 aliphatic heterocycles. The monoisotopic (exact) mass is 304 g/mol. The Kier molecular flexibility index (Phi) is 4.45. The van der Waals surface area contributed by atoms with E-state index in [0.717, 1.165) is 11.1 Å². The summed E-state index contributed by atoms with van der Waals surface area (Å²) in [5, 5.41) is 15.3. The number of nitrogens with zero attached hydrogens (tertiary/aromatic N) is 1. The Morgan fingerprint density at radius 3 is 2.36 bits per heavy atom. The fourth-order valence-electron chi connectivity index (χ4n) is 2.13. The predicted octanol–water partition coefficient (Wildman–Crippen LogP) is 1.86. The summed E-state index contributed by atoms with van der Waals surface area (Å²) in [4.78, 5) is 23.5. The molecule has 0 aliphatic carbocycles. The van der Waals surface area contributed by atoms with Crippen molar-refractivity contribution in [2.45, 2.75) is 19.9 Å². The summed E-state index contributed by atoms with van der Waals surface area (Å²) in [6, 6.07) is 5.46. The number of carboxylic acids is 1. The van der Waals surface area contributed by atoms with Crippen LogP contribution < -0.4 is 10.1 Å². The molecule has 1 amide bonds. The van der Waals surface area contributed by atoms with Crippen molar-refractivity contribution in [1.29, 1.82) is 0 Å². The minimum Gasteiger partial charge on any atom is -0.479 e. The van der Waals surface area contributed by atoms with Crippen molar-refractivity contribution >= 4 is 11.9 Å². The maximum Gasteiger partial charge on any atom is 0.330 e. The number of rotatable bonds is 5. The third-order valence-electron chi connectivity index (χ3n) is 3.02. The van der Waals surface area contributed by atoms with Gasteiger partial charge in [-0.25, -0.2) is 4.79 Å². The molecule has 1 aromatic carbocycles. The van der Waals surface area contributed by atoms with E-state index in [1.807, 2.05) is 19.9 Å². The van der Waals surface area contributed by atoms with Crippen LogP contribution in [-0.2, 0) is 4.79 Å². The molecule has 116 valence electrons. The van der Waals surface area contributed by atoms with Crippen LogP contribution in [0.5, 0.6) is 5.88 Å². The molecule has 0 saturated carbocycles. The second kappa shape index (κ2) is 6.30. The Morgan fingerprint density at radius 2 is 1.86 bits per heavy atom. The van der Waals surface area contributed by atoms with Crippen molar-refractivity contribution < 1.29 is 24.0 Å². The molecule has 0 saturated heterocycles. The third-order valence-corrected chi connectivity index (χ3v) is 3.02. The fraction of sp³-hybridized carbons (Fsp3) is 0.267. The van der Waals surface area contributed by atoms with Crippen LogP contribution in [0.25, 0.3) is 0 Å². The van der Waals surface area contributed by atoms with Crippen LogP contribution >= 0.6 is 0 Å². The Balaban J connectivity index is 2.25. The van der Waals surface area contributed by atoms with Gasteiger partial charge in [0.1, 0.15) is 0 Å². The number of nitrogens with one attached hydrogen (secondary N) is 1. The number of carboxylic acid groups (broad SMARTS) is 1. The number of ether oxygens (including phenoxy) is 1. The number of hydrogen-bond donors (Lipinski definition) is 2. The number of hydrogen-bond acceptors (Lipinski definition) is 5. The van der Waals surface area contributed by atoms with Crippen LogP contribution in [0.2, 0.25) is 0 Å². The van der Waals surface area contributed by atoms with Crippen LogP contribution in [0.1, 0.15) is 33.3 Å². The molecule has 7 nitrogen and oxygen atoms in total. The fourth-order valence-corrected chi connectivity index (χ4v) is 2.13. The van der Waals surface area contributed by atoms with Crippen molar-refractivity contribution in [3.8, 4) is 5.88 Å². The number of aliphatic carboxylic acids is 1. The largest absolute Gasteiger partial charge is 0.479 e. The predicted molar refractivity (Wildman–Crippen MR) is 76.8 cm³/mol. The summed E-state index contributed by atoms with van der Waals surface area (Å²) in [7, 11) is 1.38. The van der Waals surface area contributed by atoms with E-state index in [1.165, 1.54) is 13.2 Å². The second-order valence-electron chi connectivity index (χ2n) is 4.90. The first-order valence-electron chi connectivity index (χ1n) is 6.53. The molecule has 0 aliphatic rings. The number of methoxy groups -OCH3 is 1.